The third-order valence-electron chi connectivity index (χ3n) is 12.8. The molecule has 9 nitrogen and oxygen atoms in total. The van der Waals surface area contributed by atoms with Crippen LogP contribution in [0.4, 0.5) is 0 Å². The van der Waals surface area contributed by atoms with Crippen LogP contribution in [0.2, 0.25) is 0 Å². The number of quaternary nitrogens is 1. The number of nitrogens with zero attached hydrogens (tertiary/aromatic N) is 1. The van der Waals surface area contributed by atoms with Crippen LogP contribution in [0.15, 0.2) is 109 Å². The lowest BCUT2D eigenvalue weighted by atomic mass is 10.0. The first kappa shape index (κ1) is 72.7. The number of phosphoric acid groups is 1. The van der Waals surface area contributed by atoms with Gasteiger partial charge in [-0.05, 0) is 96.3 Å². The van der Waals surface area contributed by atoms with E-state index in [9.17, 15) is 19.0 Å². The number of esters is 2. The highest BCUT2D eigenvalue weighted by atomic mass is 31.2. The first-order valence-electron chi connectivity index (χ1n) is 30.6. The van der Waals surface area contributed by atoms with Gasteiger partial charge in [0.15, 0.2) is 6.10 Å². The Bertz CT molecular complexity index is 1650. The summed E-state index contributed by atoms with van der Waals surface area (Å²) in [4.78, 5) is 35.6. The van der Waals surface area contributed by atoms with E-state index in [0.29, 0.717) is 23.9 Å². The van der Waals surface area contributed by atoms with Gasteiger partial charge in [-0.2, -0.15) is 0 Å². The summed E-state index contributed by atoms with van der Waals surface area (Å²) in [7, 11) is 1.45. The maximum atomic E-state index is 12.8. The molecule has 0 bridgehead atoms. The third kappa shape index (κ3) is 59.9. The second kappa shape index (κ2) is 56.4. The second-order valence-corrected chi connectivity index (χ2v) is 22.8. The van der Waals surface area contributed by atoms with Crippen molar-refractivity contribution in [2.45, 2.75) is 251 Å². The van der Waals surface area contributed by atoms with Crippen molar-refractivity contribution in [3.05, 3.63) is 109 Å². The van der Waals surface area contributed by atoms with Crippen LogP contribution in [0.1, 0.15) is 245 Å². The molecule has 0 spiro atoms. The molecule has 1 N–H and O–H groups in total. The van der Waals surface area contributed by atoms with Crippen LogP contribution >= 0.6 is 7.82 Å². The summed E-state index contributed by atoms with van der Waals surface area (Å²) in [5, 5.41) is 0. The molecule has 0 amide bonds. The van der Waals surface area contributed by atoms with Gasteiger partial charge in [0.2, 0.25) is 0 Å². The van der Waals surface area contributed by atoms with E-state index < -0.39 is 32.5 Å². The number of rotatable bonds is 55. The molecule has 10 heteroatoms. The molecular formula is C66H115NO8P+. The summed E-state index contributed by atoms with van der Waals surface area (Å²) >= 11 is 0. The fourth-order valence-electron chi connectivity index (χ4n) is 8.15. The molecule has 0 aromatic carbocycles. The standard InChI is InChI=1S/C66H114NO8P/c1-6-8-10-12-14-16-18-20-22-23-24-25-26-27-28-29-30-31-32-33-34-35-36-37-38-39-40-41-42-43-45-47-49-51-53-55-57-59-66(69)75-64(63-74-76(70,71)73-61-60-67(3,4)5)62-72-65(68)58-56-54-52-50-48-46-44-21-19-17-15-13-11-9-7-2/h8-11,14-17,20-22,24-25,27-28,44,48,50,64H,6-7,12-13,18-19,23,26,29-43,45-47,49,51-63H2,1-5H3/p+1/b10-8-,11-9-,16-14-,17-15-,22-20-,25-24-,28-27-,44-21-,50-48-. The molecule has 0 aliphatic rings. The maximum absolute atomic E-state index is 12.8. The molecule has 76 heavy (non-hydrogen) atoms. The normalized spacial score (nSPS) is 14.0. The van der Waals surface area contributed by atoms with Crippen molar-refractivity contribution in [2.24, 2.45) is 0 Å². The van der Waals surface area contributed by atoms with Crippen molar-refractivity contribution in [2.75, 3.05) is 47.5 Å². The largest absolute Gasteiger partial charge is 0.472 e. The number of unbranched alkanes of at least 4 members (excludes halogenated alkanes) is 23. The number of carbonyl (C=O) groups excluding carboxylic acids is 2. The van der Waals surface area contributed by atoms with E-state index in [0.717, 1.165) is 89.9 Å². The van der Waals surface area contributed by atoms with E-state index >= 15 is 0 Å². The number of ether oxygens (including phenoxy) is 2. The van der Waals surface area contributed by atoms with Gasteiger partial charge in [0.1, 0.15) is 19.8 Å². The average Bonchev–Trinajstić information content (AvgIpc) is 3.38. The summed E-state index contributed by atoms with van der Waals surface area (Å²) in [5.74, 6) is -0.845. The molecule has 0 saturated heterocycles. The highest BCUT2D eigenvalue weighted by molar-refractivity contribution is 7.47. The Kier molecular flexibility index (Phi) is 53.9. The molecule has 0 radical (unpaired) electrons. The van der Waals surface area contributed by atoms with Gasteiger partial charge in [-0.1, -0.05) is 245 Å². The van der Waals surface area contributed by atoms with Crippen molar-refractivity contribution in [3.8, 4) is 0 Å². The molecule has 0 aliphatic heterocycles. The van der Waals surface area contributed by atoms with Gasteiger partial charge < -0.3 is 18.9 Å². The first-order chi connectivity index (χ1) is 37.0. The molecule has 2 unspecified atom stereocenters. The molecule has 0 aromatic rings. The van der Waals surface area contributed by atoms with Crippen LogP contribution in [0, 0.1) is 0 Å². The zero-order valence-electron chi connectivity index (χ0n) is 49.5. The second-order valence-electron chi connectivity index (χ2n) is 21.3. The Hall–Kier alpha value is -3.33. The quantitative estimate of drug-likeness (QED) is 0.0211. The summed E-state index contributed by atoms with van der Waals surface area (Å²) in [6.45, 7) is 4.16. The summed E-state index contributed by atoms with van der Waals surface area (Å²) in [5.41, 5.74) is 0. The molecule has 0 fully saturated rings. The van der Waals surface area contributed by atoms with E-state index in [2.05, 4.69) is 123 Å². The van der Waals surface area contributed by atoms with Crippen molar-refractivity contribution >= 4 is 19.8 Å². The Labute approximate surface area is 467 Å². The highest BCUT2D eigenvalue weighted by Gasteiger charge is 2.27. The lowest BCUT2D eigenvalue weighted by molar-refractivity contribution is -0.870. The molecule has 0 aliphatic carbocycles. The molecule has 0 rings (SSSR count). The SMILES string of the molecule is CC/C=C\C/C=C\C/C=C\C/C=C\C/C=C\CCCCCCCCCCCCCCCCCCCCCCCC(=O)OC(COC(=O)CCCC/C=C\C/C=C\C/C=C\C/C=C\CC)COP(=O)(O)OCC[N+](C)(C)C. The molecule has 0 aromatic heterocycles. The van der Waals surface area contributed by atoms with Crippen LogP contribution in [0.5, 0.6) is 0 Å². The molecular weight excluding hydrogens is 966 g/mol. The third-order valence-corrected chi connectivity index (χ3v) is 13.8. The van der Waals surface area contributed by atoms with E-state index in [-0.39, 0.29) is 26.1 Å². The summed E-state index contributed by atoms with van der Waals surface area (Å²) < 4.78 is 34.5. The lowest BCUT2D eigenvalue weighted by Crippen LogP contribution is -2.37. The smallest absolute Gasteiger partial charge is 0.462 e. The molecule has 2 atom stereocenters. The minimum atomic E-state index is -4.40. The number of hydrogen-bond acceptors (Lipinski definition) is 7. The predicted molar refractivity (Wildman–Crippen MR) is 325 cm³/mol. The van der Waals surface area contributed by atoms with Gasteiger partial charge in [0, 0.05) is 12.8 Å². The van der Waals surface area contributed by atoms with E-state index in [1.807, 2.05) is 21.1 Å². The Morgan fingerprint density at radius 1 is 0.408 bits per heavy atom. The molecule has 0 saturated carbocycles. The van der Waals surface area contributed by atoms with Crippen molar-refractivity contribution in [3.63, 3.8) is 0 Å². The minimum absolute atomic E-state index is 0.0217. The van der Waals surface area contributed by atoms with E-state index in [4.69, 9.17) is 18.5 Å². The average molecular weight is 1080 g/mol. The number of likely N-dealkylation sites (N-methyl/N-ethyl adjacent to an activating group) is 1. The zero-order valence-corrected chi connectivity index (χ0v) is 50.3. The Morgan fingerprint density at radius 3 is 1.08 bits per heavy atom. The minimum Gasteiger partial charge on any atom is -0.462 e. The van der Waals surface area contributed by atoms with Gasteiger partial charge in [-0.15, -0.1) is 0 Å². The predicted octanol–water partition coefficient (Wildman–Crippen LogP) is 19.4. The van der Waals surface area contributed by atoms with E-state index in [1.54, 1.807) is 0 Å². The lowest BCUT2D eigenvalue weighted by Gasteiger charge is -2.24. The number of hydrogen-bond donors (Lipinski definition) is 1. The topological polar surface area (TPSA) is 108 Å². The monoisotopic (exact) mass is 1080 g/mol. The molecule has 0 heterocycles. The summed E-state index contributed by atoms with van der Waals surface area (Å²) in [6, 6.07) is 0. The fraction of sp³-hybridized carbons (Fsp3) is 0.697. The van der Waals surface area contributed by atoms with Gasteiger partial charge >= 0.3 is 19.8 Å². The van der Waals surface area contributed by atoms with Gasteiger partial charge in [-0.3, -0.25) is 18.6 Å². The fourth-order valence-corrected chi connectivity index (χ4v) is 8.89. The number of allylic oxidation sites excluding steroid dienone is 18. The Balaban J connectivity index is 4.01. The van der Waals surface area contributed by atoms with Crippen LogP contribution in [-0.4, -0.2) is 74.9 Å². The van der Waals surface area contributed by atoms with Crippen molar-refractivity contribution in [1.82, 2.24) is 0 Å². The highest BCUT2D eigenvalue weighted by Crippen LogP contribution is 2.43. The van der Waals surface area contributed by atoms with Gasteiger partial charge in [0.25, 0.3) is 0 Å². The first-order valence-corrected chi connectivity index (χ1v) is 32.1. The van der Waals surface area contributed by atoms with Gasteiger partial charge in [0.05, 0.1) is 27.7 Å². The number of phosphoric ester groups is 1. The van der Waals surface area contributed by atoms with Crippen molar-refractivity contribution in [1.29, 1.82) is 0 Å². The van der Waals surface area contributed by atoms with Crippen LogP contribution in [0.25, 0.3) is 0 Å². The van der Waals surface area contributed by atoms with Crippen molar-refractivity contribution < 1.29 is 42.1 Å². The molecule has 436 valence electrons. The van der Waals surface area contributed by atoms with Crippen LogP contribution in [0.3, 0.4) is 0 Å². The summed E-state index contributed by atoms with van der Waals surface area (Å²) in [6.07, 6.45) is 79.1. The van der Waals surface area contributed by atoms with Crippen LogP contribution in [-0.2, 0) is 32.7 Å². The van der Waals surface area contributed by atoms with Crippen LogP contribution < -0.4 is 0 Å². The zero-order chi connectivity index (χ0) is 55.6. The van der Waals surface area contributed by atoms with E-state index in [1.165, 1.54) is 116 Å². The number of carbonyl (C=O) groups is 2. The Morgan fingerprint density at radius 2 is 0.711 bits per heavy atom. The maximum Gasteiger partial charge on any atom is 0.472 e. The van der Waals surface area contributed by atoms with Gasteiger partial charge in [-0.25, -0.2) is 4.57 Å².